The third kappa shape index (κ3) is 3.39. The van der Waals surface area contributed by atoms with Crippen molar-refractivity contribution in [3.05, 3.63) is 30.3 Å². The smallest absolute Gasteiger partial charge is 0.433 e. The van der Waals surface area contributed by atoms with Gasteiger partial charge in [-0.05, 0) is 31.3 Å². The quantitative estimate of drug-likeness (QED) is 0.603. The molecule has 0 spiro atoms. The first-order valence-corrected chi connectivity index (χ1v) is 5.14. The van der Waals surface area contributed by atoms with Gasteiger partial charge in [-0.3, -0.25) is 5.43 Å². The minimum Gasteiger partial charge on any atom is -0.448 e. The highest BCUT2D eigenvalue weighted by Gasteiger charge is 2.16. The number of nitrogens with one attached hydrogen (secondary N) is 1. The molecule has 16 heavy (non-hydrogen) atoms. The van der Waals surface area contributed by atoms with Gasteiger partial charge in [-0.15, -0.1) is 0 Å². The van der Waals surface area contributed by atoms with Crippen LogP contribution >= 0.6 is 12.2 Å². The fraction of sp³-hybridized carbons (Fsp3) is 0.200. The van der Waals surface area contributed by atoms with E-state index in [9.17, 15) is 4.79 Å². The van der Waals surface area contributed by atoms with Crippen LogP contribution in [0.4, 0.5) is 10.5 Å². The van der Waals surface area contributed by atoms with E-state index in [1.54, 1.807) is 31.2 Å². The molecular formula is C10H13N3O2S. The van der Waals surface area contributed by atoms with Crippen LogP contribution < -0.4 is 16.2 Å². The predicted molar refractivity (Wildman–Crippen MR) is 65.9 cm³/mol. The lowest BCUT2D eigenvalue weighted by molar-refractivity contribution is 0.158. The van der Waals surface area contributed by atoms with Gasteiger partial charge in [-0.25, -0.2) is 4.79 Å². The molecule has 0 aliphatic rings. The van der Waals surface area contributed by atoms with E-state index in [0.29, 0.717) is 5.69 Å². The summed E-state index contributed by atoms with van der Waals surface area (Å²) in [5, 5.41) is 1.16. The van der Waals surface area contributed by atoms with E-state index < -0.39 is 6.09 Å². The van der Waals surface area contributed by atoms with Crippen molar-refractivity contribution < 1.29 is 9.53 Å². The van der Waals surface area contributed by atoms with Crippen molar-refractivity contribution in [2.45, 2.75) is 6.92 Å². The number of carbonyl (C=O) groups excluding carboxylic acids is 1. The molecule has 6 heteroatoms. The zero-order valence-electron chi connectivity index (χ0n) is 8.84. The summed E-state index contributed by atoms with van der Waals surface area (Å²) in [6, 6.07) is 8.91. The minimum atomic E-state index is -0.554. The molecule has 0 aliphatic heterocycles. The number of carbonyl (C=O) groups is 1. The summed E-state index contributed by atoms with van der Waals surface area (Å²) in [4.78, 5) is 11.6. The number of hydrogen-bond acceptors (Lipinski definition) is 3. The SMILES string of the molecule is CCOC(=O)N(NC(N)=S)c1ccccc1. The summed E-state index contributed by atoms with van der Waals surface area (Å²) in [6.07, 6.45) is -0.554. The Morgan fingerprint density at radius 2 is 2.12 bits per heavy atom. The minimum absolute atomic E-state index is 0.00286. The number of rotatable bonds is 2. The molecule has 0 fully saturated rings. The summed E-state index contributed by atoms with van der Waals surface area (Å²) in [5.74, 6) is 0. The Morgan fingerprint density at radius 1 is 1.50 bits per heavy atom. The lowest BCUT2D eigenvalue weighted by atomic mass is 10.3. The lowest BCUT2D eigenvalue weighted by Gasteiger charge is -2.22. The Bertz CT molecular complexity index is 370. The van der Waals surface area contributed by atoms with E-state index in [-0.39, 0.29) is 11.7 Å². The van der Waals surface area contributed by atoms with Crippen molar-refractivity contribution >= 4 is 29.1 Å². The number of amides is 1. The Labute approximate surface area is 99.1 Å². The molecule has 3 N–H and O–H groups in total. The molecule has 0 saturated heterocycles. The van der Waals surface area contributed by atoms with Crippen LogP contribution in [-0.2, 0) is 4.74 Å². The summed E-state index contributed by atoms with van der Waals surface area (Å²) < 4.78 is 4.87. The molecule has 0 atom stereocenters. The molecule has 1 aromatic rings. The number of anilines is 1. The van der Waals surface area contributed by atoms with Gasteiger partial charge in [0.1, 0.15) is 0 Å². The molecular weight excluding hydrogens is 226 g/mol. The molecule has 0 aromatic heterocycles. The van der Waals surface area contributed by atoms with E-state index in [4.69, 9.17) is 22.7 Å². The standard InChI is InChI=1S/C10H13N3O2S/c1-2-15-10(14)13(12-9(11)16)8-6-4-3-5-7-8/h3-7H,2H2,1H3,(H3,11,12,16). The van der Waals surface area contributed by atoms with E-state index in [1.807, 2.05) is 6.07 Å². The Balaban J connectivity index is 2.87. The Hall–Kier alpha value is -1.82. The fourth-order valence-corrected chi connectivity index (χ4v) is 1.18. The third-order valence-corrected chi connectivity index (χ3v) is 1.78. The second-order valence-electron chi connectivity index (χ2n) is 2.85. The molecule has 0 heterocycles. The monoisotopic (exact) mass is 239 g/mol. The van der Waals surface area contributed by atoms with Crippen LogP contribution in [0.25, 0.3) is 0 Å². The molecule has 86 valence electrons. The molecule has 0 aliphatic carbocycles. The van der Waals surface area contributed by atoms with Crippen molar-refractivity contribution in [1.29, 1.82) is 0 Å². The maximum atomic E-state index is 11.6. The number of nitrogens with zero attached hydrogens (tertiary/aromatic N) is 1. The van der Waals surface area contributed by atoms with Gasteiger partial charge >= 0.3 is 6.09 Å². The summed E-state index contributed by atoms with van der Waals surface area (Å²) >= 11 is 4.69. The zero-order chi connectivity index (χ0) is 12.0. The number of hydrogen-bond donors (Lipinski definition) is 2. The molecule has 1 aromatic carbocycles. The van der Waals surface area contributed by atoms with Crippen LogP contribution in [0.5, 0.6) is 0 Å². The highest BCUT2D eigenvalue weighted by atomic mass is 32.1. The normalized spacial score (nSPS) is 9.31. The highest BCUT2D eigenvalue weighted by molar-refractivity contribution is 7.80. The van der Waals surface area contributed by atoms with Crippen LogP contribution in [0, 0.1) is 0 Å². The van der Waals surface area contributed by atoms with Gasteiger partial charge in [0.15, 0.2) is 5.11 Å². The van der Waals surface area contributed by atoms with E-state index >= 15 is 0 Å². The van der Waals surface area contributed by atoms with Gasteiger partial charge in [-0.2, -0.15) is 5.01 Å². The maximum Gasteiger partial charge on any atom is 0.433 e. The first kappa shape index (κ1) is 12.3. The largest absolute Gasteiger partial charge is 0.448 e. The number of hydrazine groups is 1. The summed E-state index contributed by atoms with van der Waals surface area (Å²) in [6.45, 7) is 2.00. The van der Waals surface area contributed by atoms with E-state index in [0.717, 1.165) is 5.01 Å². The molecule has 5 nitrogen and oxygen atoms in total. The number of para-hydroxylation sites is 1. The van der Waals surface area contributed by atoms with Gasteiger partial charge in [-0.1, -0.05) is 18.2 Å². The van der Waals surface area contributed by atoms with Crippen molar-refractivity contribution in [3.63, 3.8) is 0 Å². The number of ether oxygens (including phenoxy) is 1. The molecule has 1 rings (SSSR count). The van der Waals surface area contributed by atoms with E-state index in [1.165, 1.54) is 0 Å². The average Bonchev–Trinajstić information content (AvgIpc) is 2.27. The van der Waals surface area contributed by atoms with Gasteiger partial charge in [0, 0.05) is 0 Å². The number of thiocarbonyl (C=S) groups is 1. The Kier molecular flexibility index (Phi) is 4.53. The summed E-state index contributed by atoms with van der Waals surface area (Å²) in [5.41, 5.74) is 8.49. The van der Waals surface area contributed by atoms with Crippen LogP contribution in [0.3, 0.4) is 0 Å². The first-order valence-electron chi connectivity index (χ1n) is 4.73. The number of nitrogens with two attached hydrogens (primary N) is 1. The molecule has 0 bridgehead atoms. The van der Waals surface area contributed by atoms with Crippen molar-refractivity contribution in [1.82, 2.24) is 5.43 Å². The molecule has 1 amide bonds. The highest BCUT2D eigenvalue weighted by Crippen LogP contribution is 2.11. The van der Waals surface area contributed by atoms with Crippen LogP contribution in [0.1, 0.15) is 6.92 Å². The zero-order valence-corrected chi connectivity index (χ0v) is 9.66. The van der Waals surface area contributed by atoms with Gasteiger partial charge < -0.3 is 10.5 Å². The third-order valence-electron chi connectivity index (χ3n) is 1.69. The number of benzene rings is 1. The van der Waals surface area contributed by atoms with Crippen LogP contribution in [0.2, 0.25) is 0 Å². The topological polar surface area (TPSA) is 67.6 Å². The van der Waals surface area contributed by atoms with Gasteiger partial charge in [0.05, 0.1) is 12.3 Å². The van der Waals surface area contributed by atoms with E-state index in [2.05, 4.69) is 5.43 Å². The second-order valence-corrected chi connectivity index (χ2v) is 3.29. The van der Waals surface area contributed by atoms with Crippen molar-refractivity contribution in [2.75, 3.05) is 11.6 Å². The molecule has 0 saturated carbocycles. The maximum absolute atomic E-state index is 11.6. The lowest BCUT2D eigenvalue weighted by Crippen LogP contribution is -2.48. The van der Waals surface area contributed by atoms with Gasteiger partial charge in [0.2, 0.25) is 0 Å². The fourth-order valence-electron chi connectivity index (χ4n) is 1.09. The Morgan fingerprint density at radius 3 is 2.62 bits per heavy atom. The average molecular weight is 239 g/mol. The molecule has 0 unspecified atom stereocenters. The van der Waals surface area contributed by atoms with Crippen molar-refractivity contribution in [2.24, 2.45) is 5.73 Å². The summed E-state index contributed by atoms with van der Waals surface area (Å²) in [7, 11) is 0. The van der Waals surface area contributed by atoms with Crippen molar-refractivity contribution in [3.8, 4) is 0 Å². The van der Waals surface area contributed by atoms with Crippen LogP contribution in [-0.4, -0.2) is 17.8 Å². The second kappa shape index (κ2) is 5.92. The molecule has 0 radical (unpaired) electrons. The predicted octanol–water partition coefficient (Wildman–Crippen LogP) is 1.40. The first-order chi connectivity index (χ1) is 7.65. The van der Waals surface area contributed by atoms with Crippen LogP contribution in [0.15, 0.2) is 30.3 Å². The van der Waals surface area contributed by atoms with Gasteiger partial charge in [0.25, 0.3) is 0 Å².